The molecular weight excluding hydrogens is 488 g/mol. The van der Waals surface area contributed by atoms with Crippen LogP contribution in [0.2, 0.25) is 0 Å². The van der Waals surface area contributed by atoms with Crippen molar-refractivity contribution in [1.82, 2.24) is 15.3 Å². The molecule has 0 radical (unpaired) electrons. The summed E-state index contributed by atoms with van der Waals surface area (Å²) < 4.78 is 7.73. The highest BCUT2D eigenvalue weighted by Crippen LogP contribution is 2.40. The standard InChI is InChI=1S/C28H26N4O4S/c1-32-10-8-19(9-11-32)17-36-24-7-6-22(15-29-24)23-18-37-25(31-23)16-30-27(35)28(14-26(33)34)12-20-4-2-3-5-21(20)13-28/h2-11,15,18H,12-14,16-17H2,1H3,(H-,30,33,34,35). The van der Waals surface area contributed by atoms with Gasteiger partial charge in [-0.2, -0.15) is 0 Å². The molecule has 0 spiro atoms. The van der Waals surface area contributed by atoms with E-state index in [4.69, 9.17) is 4.74 Å². The number of hydrogen-bond donors (Lipinski definition) is 1. The molecular formula is C28H26N4O4S. The number of nitrogens with one attached hydrogen (secondary N) is 1. The van der Waals surface area contributed by atoms with Crippen LogP contribution in [0.4, 0.5) is 0 Å². The van der Waals surface area contributed by atoms with Crippen LogP contribution in [0.5, 0.6) is 5.88 Å². The minimum Gasteiger partial charge on any atom is -0.550 e. The number of hydrogen-bond acceptors (Lipinski definition) is 7. The van der Waals surface area contributed by atoms with Gasteiger partial charge in [0.1, 0.15) is 18.7 Å². The largest absolute Gasteiger partial charge is 0.550 e. The molecule has 3 aromatic heterocycles. The number of amides is 1. The van der Waals surface area contributed by atoms with E-state index in [1.165, 1.54) is 11.3 Å². The molecule has 1 aliphatic carbocycles. The van der Waals surface area contributed by atoms with Crippen LogP contribution in [0.1, 0.15) is 28.1 Å². The summed E-state index contributed by atoms with van der Waals surface area (Å²) in [6.07, 6.45) is 6.09. The molecule has 37 heavy (non-hydrogen) atoms. The molecule has 0 fully saturated rings. The van der Waals surface area contributed by atoms with Gasteiger partial charge < -0.3 is 20.0 Å². The summed E-state index contributed by atoms with van der Waals surface area (Å²) in [5.74, 6) is -0.993. The van der Waals surface area contributed by atoms with E-state index in [-0.39, 0.29) is 18.9 Å². The summed E-state index contributed by atoms with van der Waals surface area (Å²) in [5, 5.41) is 17.0. The summed E-state index contributed by atoms with van der Waals surface area (Å²) in [4.78, 5) is 33.7. The fraction of sp³-hybridized carbons (Fsp3) is 0.250. The van der Waals surface area contributed by atoms with Crippen molar-refractivity contribution >= 4 is 23.2 Å². The molecule has 188 valence electrons. The number of aromatic nitrogens is 3. The maximum Gasteiger partial charge on any atom is 0.227 e. The number of pyridine rings is 2. The number of carbonyl (C=O) groups excluding carboxylic acids is 2. The van der Waals surface area contributed by atoms with E-state index in [0.29, 0.717) is 25.3 Å². The van der Waals surface area contributed by atoms with Gasteiger partial charge in [0.2, 0.25) is 11.8 Å². The Bertz CT molecular complexity index is 1390. The zero-order chi connectivity index (χ0) is 25.8. The van der Waals surface area contributed by atoms with Crippen LogP contribution in [-0.4, -0.2) is 21.8 Å². The number of ether oxygens (including phenoxy) is 1. The van der Waals surface area contributed by atoms with Crippen LogP contribution >= 0.6 is 11.3 Å². The van der Waals surface area contributed by atoms with E-state index in [0.717, 1.165) is 33.0 Å². The van der Waals surface area contributed by atoms with E-state index in [9.17, 15) is 14.7 Å². The van der Waals surface area contributed by atoms with Gasteiger partial charge in [-0.3, -0.25) is 4.79 Å². The van der Waals surface area contributed by atoms with Crippen molar-refractivity contribution in [3.05, 3.63) is 94.2 Å². The van der Waals surface area contributed by atoms with Crippen LogP contribution in [0, 0.1) is 5.41 Å². The smallest absolute Gasteiger partial charge is 0.227 e. The molecule has 0 unspecified atom stereocenters. The zero-order valence-electron chi connectivity index (χ0n) is 20.3. The van der Waals surface area contributed by atoms with Crippen LogP contribution in [-0.2, 0) is 42.6 Å². The Morgan fingerprint density at radius 2 is 1.84 bits per heavy atom. The van der Waals surface area contributed by atoms with Crippen molar-refractivity contribution in [1.29, 1.82) is 0 Å². The molecule has 1 aromatic carbocycles. The van der Waals surface area contributed by atoms with Gasteiger partial charge in [-0.05, 0) is 30.0 Å². The number of aliphatic carboxylic acids is 1. The van der Waals surface area contributed by atoms with Crippen molar-refractivity contribution in [3.63, 3.8) is 0 Å². The lowest BCUT2D eigenvalue weighted by Crippen LogP contribution is -2.45. The lowest BCUT2D eigenvalue weighted by molar-refractivity contribution is -0.671. The second-order valence-corrected chi connectivity index (χ2v) is 10.2. The number of carboxylic acid groups (broad SMARTS) is 1. The lowest BCUT2D eigenvalue weighted by atomic mass is 9.80. The van der Waals surface area contributed by atoms with Gasteiger partial charge in [0, 0.05) is 53.3 Å². The zero-order valence-corrected chi connectivity index (χ0v) is 21.2. The molecule has 0 bridgehead atoms. The number of fused-ring (bicyclic) bond motifs is 1. The van der Waals surface area contributed by atoms with Crippen molar-refractivity contribution in [2.45, 2.75) is 32.4 Å². The topological polar surface area (TPSA) is 108 Å². The number of carbonyl (C=O) groups is 2. The SMILES string of the molecule is C[n+]1ccc(COc2ccc(-c3csc(CNC(=O)C4(CC(=O)[O-])Cc5ccccc5C4)n3)cn2)cc1. The van der Waals surface area contributed by atoms with Crippen molar-refractivity contribution in [2.75, 3.05) is 0 Å². The van der Waals surface area contributed by atoms with Gasteiger partial charge in [0.15, 0.2) is 12.4 Å². The second-order valence-electron chi connectivity index (χ2n) is 9.31. The predicted molar refractivity (Wildman–Crippen MR) is 135 cm³/mol. The number of rotatable bonds is 9. The molecule has 9 heteroatoms. The summed E-state index contributed by atoms with van der Waals surface area (Å²) >= 11 is 1.43. The van der Waals surface area contributed by atoms with Crippen LogP contribution in [0.15, 0.2) is 72.5 Å². The first kappa shape index (κ1) is 24.6. The van der Waals surface area contributed by atoms with E-state index in [2.05, 4.69) is 15.3 Å². The third-order valence-electron chi connectivity index (χ3n) is 6.56. The van der Waals surface area contributed by atoms with Gasteiger partial charge in [-0.25, -0.2) is 14.5 Å². The Hall–Kier alpha value is -4.11. The first-order chi connectivity index (χ1) is 17.9. The normalized spacial score (nSPS) is 13.6. The maximum atomic E-state index is 13.2. The Morgan fingerprint density at radius 1 is 1.11 bits per heavy atom. The predicted octanol–water partition coefficient (Wildman–Crippen LogP) is 2.15. The fourth-order valence-corrected chi connectivity index (χ4v) is 5.35. The molecule has 0 saturated carbocycles. The molecule has 8 nitrogen and oxygen atoms in total. The maximum absolute atomic E-state index is 13.2. The summed E-state index contributed by atoms with van der Waals surface area (Å²) in [5.41, 5.74) is 3.62. The number of nitrogens with zero attached hydrogens (tertiary/aromatic N) is 3. The Balaban J connectivity index is 1.19. The van der Waals surface area contributed by atoms with Crippen LogP contribution in [0.3, 0.4) is 0 Å². The first-order valence-electron chi connectivity index (χ1n) is 11.9. The summed E-state index contributed by atoms with van der Waals surface area (Å²) in [6, 6.07) is 15.4. The van der Waals surface area contributed by atoms with Gasteiger partial charge in [-0.15, -0.1) is 11.3 Å². The molecule has 0 aliphatic heterocycles. The molecule has 4 aromatic rings. The van der Waals surface area contributed by atoms with Crippen molar-refractivity contribution < 1.29 is 24.0 Å². The minimum atomic E-state index is -1.22. The summed E-state index contributed by atoms with van der Waals surface area (Å²) in [7, 11) is 1.96. The first-order valence-corrected chi connectivity index (χ1v) is 12.8. The average molecular weight is 515 g/mol. The van der Waals surface area contributed by atoms with E-state index in [1.807, 2.05) is 71.9 Å². The number of carboxylic acids is 1. The average Bonchev–Trinajstić information content (AvgIpc) is 3.52. The highest BCUT2D eigenvalue weighted by atomic mass is 32.1. The van der Waals surface area contributed by atoms with Gasteiger partial charge in [0.05, 0.1) is 17.7 Å². The second kappa shape index (κ2) is 10.5. The summed E-state index contributed by atoms with van der Waals surface area (Å²) in [6.45, 7) is 0.649. The Kier molecular flexibility index (Phi) is 6.96. The highest BCUT2D eigenvalue weighted by molar-refractivity contribution is 7.09. The molecule has 1 amide bonds. The highest BCUT2D eigenvalue weighted by Gasteiger charge is 2.43. The van der Waals surface area contributed by atoms with Crippen molar-refractivity contribution in [3.8, 4) is 17.1 Å². The monoisotopic (exact) mass is 514 g/mol. The Morgan fingerprint density at radius 3 is 2.49 bits per heavy atom. The quantitative estimate of drug-likeness (QED) is 0.343. The fourth-order valence-electron chi connectivity index (χ4n) is 4.61. The van der Waals surface area contributed by atoms with Crippen LogP contribution in [0.25, 0.3) is 11.3 Å². The number of aryl methyl sites for hydroxylation is 1. The third kappa shape index (κ3) is 5.67. The molecule has 0 atom stereocenters. The molecule has 3 heterocycles. The molecule has 5 rings (SSSR count). The number of thiazole rings is 1. The van der Waals surface area contributed by atoms with Gasteiger partial charge >= 0.3 is 0 Å². The lowest BCUT2D eigenvalue weighted by Gasteiger charge is -2.28. The minimum absolute atomic E-state index is 0.220. The molecule has 1 aliphatic rings. The van der Waals surface area contributed by atoms with E-state index >= 15 is 0 Å². The van der Waals surface area contributed by atoms with E-state index < -0.39 is 11.4 Å². The van der Waals surface area contributed by atoms with Gasteiger partial charge in [0.25, 0.3) is 0 Å². The molecule has 0 saturated heterocycles. The van der Waals surface area contributed by atoms with E-state index in [1.54, 1.807) is 12.3 Å². The third-order valence-corrected chi connectivity index (χ3v) is 7.41. The Labute approximate surface area is 218 Å². The number of benzene rings is 1. The van der Waals surface area contributed by atoms with Crippen molar-refractivity contribution in [2.24, 2.45) is 12.5 Å². The van der Waals surface area contributed by atoms with Gasteiger partial charge in [-0.1, -0.05) is 24.3 Å². The van der Waals surface area contributed by atoms with Crippen LogP contribution < -0.4 is 19.7 Å². The molecule has 1 N–H and O–H groups in total.